The van der Waals surface area contributed by atoms with Crippen molar-refractivity contribution in [3.8, 4) is 0 Å². The van der Waals surface area contributed by atoms with Gasteiger partial charge in [-0.2, -0.15) is 0 Å². The Hall–Kier alpha value is -4.38. The number of nitrogens with zero attached hydrogens (tertiary/aromatic N) is 2. The predicted molar refractivity (Wildman–Crippen MR) is 142 cm³/mol. The fourth-order valence-corrected chi connectivity index (χ4v) is 4.02. The van der Waals surface area contributed by atoms with Gasteiger partial charge in [-0.3, -0.25) is 9.59 Å². The van der Waals surface area contributed by atoms with Gasteiger partial charge in [0.25, 0.3) is 5.91 Å². The summed E-state index contributed by atoms with van der Waals surface area (Å²) in [6.45, 7) is 5.62. The predicted octanol–water partition coefficient (Wildman–Crippen LogP) is 4.14. The molecule has 2 aromatic carbocycles. The first-order valence-electron chi connectivity index (χ1n) is 11.5. The zero-order valence-corrected chi connectivity index (χ0v) is 21.8. The average molecular weight is 561 g/mol. The van der Waals surface area contributed by atoms with Crippen molar-refractivity contribution in [3.05, 3.63) is 101 Å². The number of esters is 1. The van der Waals surface area contributed by atoms with E-state index in [-0.39, 0.29) is 60.4 Å². The zero-order chi connectivity index (χ0) is 27.8. The lowest BCUT2D eigenvalue weighted by Gasteiger charge is -2.15. The van der Waals surface area contributed by atoms with Gasteiger partial charge in [-0.05, 0) is 60.2 Å². The van der Waals surface area contributed by atoms with Crippen molar-refractivity contribution in [2.45, 2.75) is 32.2 Å². The molecular formula is C27H27ClF2N4O5. The number of rotatable bonds is 7. The fraction of sp³-hybridized carbons (Fsp3) is 0.222. The maximum Gasteiger partial charge on any atom is 0.338 e. The highest BCUT2D eigenvalue weighted by atomic mass is 35.5. The van der Waals surface area contributed by atoms with Crippen LogP contribution in [0.5, 0.6) is 0 Å². The number of fused-ring (bicyclic) bond motifs is 1. The van der Waals surface area contributed by atoms with Gasteiger partial charge < -0.3 is 20.9 Å². The third-order valence-electron chi connectivity index (χ3n) is 5.81. The highest BCUT2D eigenvalue weighted by molar-refractivity contribution is 5.93. The molecule has 1 heterocycles. The topological polar surface area (TPSA) is 144 Å². The number of hydrogen-bond donors (Lipinski definition) is 3. The fourth-order valence-electron chi connectivity index (χ4n) is 4.02. The van der Waals surface area contributed by atoms with Crippen LogP contribution in [0.1, 0.15) is 55.6 Å². The molecule has 9 nitrogen and oxygen atoms in total. The zero-order valence-electron chi connectivity index (χ0n) is 20.9. The van der Waals surface area contributed by atoms with Gasteiger partial charge in [0.1, 0.15) is 24.4 Å². The van der Waals surface area contributed by atoms with E-state index in [0.29, 0.717) is 5.56 Å². The largest absolute Gasteiger partial charge is 0.481 e. The number of nitrogens with one attached hydrogen (secondary N) is 1. The quantitative estimate of drug-likeness (QED) is 0.289. The Morgan fingerprint density at radius 2 is 1.92 bits per heavy atom. The van der Waals surface area contributed by atoms with Crippen molar-refractivity contribution in [1.29, 1.82) is 0 Å². The lowest BCUT2D eigenvalue weighted by atomic mass is 9.98. The number of carboxylic acids is 1. The number of ether oxygens (including phenoxy) is 1. The Labute approximate surface area is 229 Å². The van der Waals surface area contributed by atoms with E-state index in [1.54, 1.807) is 6.07 Å². The number of carboxylic acid groups (broad SMARTS) is 1. The molecule has 39 heavy (non-hydrogen) atoms. The van der Waals surface area contributed by atoms with Gasteiger partial charge >= 0.3 is 11.9 Å². The van der Waals surface area contributed by atoms with E-state index in [9.17, 15) is 23.2 Å². The van der Waals surface area contributed by atoms with Crippen LogP contribution < -0.4 is 11.1 Å². The smallest absolute Gasteiger partial charge is 0.338 e. The van der Waals surface area contributed by atoms with Crippen LogP contribution in [0.3, 0.4) is 0 Å². The van der Waals surface area contributed by atoms with Crippen LogP contribution >= 0.6 is 12.4 Å². The van der Waals surface area contributed by atoms with Crippen LogP contribution in [0.25, 0.3) is 0 Å². The second-order valence-electron chi connectivity index (χ2n) is 8.40. The normalized spacial score (nSPS) is 13.2. The molecule has 1 aliphatic rings. The summed E-state index contributed by atoms with van der Waals surface area (Å²) in [6.07, 6.45) is 4.04. The second kappa shape index (κ2) is 14.0. The summed E-state index contributed by atoms with van der Waals surface area (Å²) < 4.78 is 29.9. The standard InChI is InChI=1S/C19H20N4O3.C8H6F2O2.ClH/c1-3-8-26-19(25)13-4-5-14-12(11(13)2)6-7-15(14)23-18(24)16-9-17(20)22-10-21-16;9-6-2-1-5(3-7(6)10)4-8(11)12;/h3-5,9-10,15H,1,6-8H2,2H3,(H,23,24)(H2,20,21,22);1-3H,4H2,(H,11,12);1H/t15-;;/m0../s1. The van der Waals surface area contributed by atoms with E-state index in [0.717, 1.165) is 41.7 Å². The summed E-state index contributed by atoms with van der Waals surface area (Å²) in [6, 6.07) is 7.95. The van der Waals surface area contributed by atoms with Gasteiger partial charge in [0.15, 0.2) is 11.6 Å². The van der Waals surface area contributed by atoms with Gasteiger partial charge in [-0.1, -0.05) is 24.8 Å². The Bertz CT molecular complexity index is 1390. The van der Waals surface area contributed by atoms with E-state index in [1.165, 1.54) is 24.5 Å². The average Bonchev–Trinajstić information content (AvgIpc) is 3.28. The van der Waals surface area contributed by atoms with Crippen LogP contribution in [0.2, 0.25) is 0 Å². The second-order valence-corrected chi connectivity index (χ2v) is 8.40. The van der Waals surface area contributed by atoms with Crippen molar-refractivity contribution in [3.63, 3.8) is 0 Å². The first-order chi connectivity index (χ1) is 18.1. The number of nitrogens with two attached hydrogens (primary N) is 1. The number of carbonyl (C=O) groups excluding carboxylic acids is 2. The Morgan fingerprint density at radius 3 is 2.56 bits per heavy atom. The molecule has 1 aromatic heterocycles. The SMILES string of the molecule is C=CCOC(=O)c1ccc2c(c1C)CC[C@@H]2NC(=O)c1cc(N)ncn1.Cl.O=C(O)Cc1ccc(F)c(F)c1. The number of benzene rings is 2. The summed E-state index contributed by atoms with van der Waals surface area (Å²) in [5, 5.41) is 11.3. The molecule has 0 spiro atoms. The highest BCUT2D eigenvalue weighted by Gasteiger charge is 2.28. The maximum atomic E-state index is 12.5. The number of halogens is 3. The molecule has 4 rings (SSSR count). The molecule has 0 fully saturated rings. The van der Waals surface area contributed by atoms with E-state index in [4.69, 9.17) is 15.6 Å². The number of aliphatic carboxylic acids is 1. The van der Waals surface area contributed by atoms with E-state index < -0.39 is 17.6 Å². The monoisotopic (exact) mass is 560 g/mol. The third-order valence-corrected chi connectivity index (χ3v) is 5.81. The van der Waals surface area contributed by atoms with E-state index in [1.807, 2.05) is 13.0 Å². The van der Waals surface area contributed by atoms with Gasteiger partial charge in [-0.15, -0.1) is 12.4 Å². The van der Waals surface area contributed by atoms with Crippen molar-refractivity contribution in [2.24, 2.45) is 0 Å². The Balaban J connectivity index is 0.000000346. The van der Waals surface area contributed by atoms with Crippen molar-refractivity contribution < 1.29 is 33.0 Å². The van der Waals surface area contributed by atoms with Crippen LogP contribution in [-0.4, -0.2) is 39.5 Å². The molecule has 1 amide bonds. The molecule has 4 N–H and O–H groups in total. The van der Waals surface area contributed by atoms with Crippen LogP contribution in [-0.2, 0) is 22.4 Å². The number of carbonyl (C=O) groups is 3. The third kappa shape index (κ3) is 8.05. The molecule has 0 aliphatic heterocycles. The van der Waals surface area contributed by atoms with Crippen molar-refractivity contribution >= 4 is 36.1 Å². The lowest BCUT2D eigenvalue weighted by Crippen LogP contribution is -2.28. The van der Waals surface area contributed by atoms with E-state index >= 15 is 0 Å². The number of anilines is 1. The maximum absolute atomic E-state index is 12.5. The van der Waals surface area contributed by atoms with E-state index in [2.05, 4.69) is 21.9 Å². The molecule has 0 unspecified atom stereocenters. The minimum absolute atomic E-state index is 0. The van der Waals surface area contributed by atoms with Gasteiger partial charge in [0.2, 0.25) is 0 Å². The van der Waals surface area contributed by atoms with Gasteiger partial charge in [0, 0.05) is 6.07 Å². The molecule has 3 aromatic rings. The number of amides is 1. The molecule has 0 radical (unpaired) electrons. The Kier molecular flexibility index (Phi) is 11.0. The molecule has 206 valence electrons. The molecule has 0 saturated carbocycles. The molecule has 12 heteroatoms. The first-order valence-corrected chi connectivity index (χ1v) is 11.5. The van der Waals surface area contributed by atoms with Crippen LogP contribution in [0.15, 0.2) is 55.4 Å². The summed E-state index contributed by atoms with van der Waals surface area (Å²) in [7, 11) is 0. The van der Waals surface area contributed by atoms with Crippen LogP contribution in [0, 0.1) is 18.6 Å². The van der Waals surface area contributed by atoms with Crippen molar-refractivity contribution in [2.75, 3.05) is 12.3 Å². The minimum atomic E-state index is -1.07. The molecule has 0 saturated heterocycles. The summed E-state index contributed by atoms with van der Waals surface area (Å²) >= 11 is 0. The Morgan fingerprint density at radius 1 is 1.18 bits per heavy atom. The number of hydrogen-bond acceptors (Lipinski definition) is 7. The summed E-state index contributed by atoms with van der Waals surface area (Å²) in [5.74, 6) is -3.48. The van der Waals surface area contributed by atoms with Gasteiger partial charge in [-0.25, -0.2) is 23.5 Å². The molecule has 1 atom stereocenters. The summed E-state index contributed by atoms with van der Waals surface area (Å²) in [4.78, 5) is 42.4. The minimum Gasteiger partial charge on any atom is -0.481 e. The number of aromatic nitrogens is 2. The molecule has 0 bridgehead atoms. The highest BCUT2D eigenvalue weighted by Crippen LogP contribution is 2.35. The first kappa shape index (κ1) is 30.8. The summed E-state index contributed by atoms with van der Waals surface area (Å²) in [5.41, 5.74) is 9.60. The molecular weight excluding hydrogens is 534 g/mol. The lowest BCUT2D eigenvalue weighted by molar-refractivity contribution is -0.136. The van der Waals surface area contributed by atoms with Gasteiger partial charge in [0.05, 0.1) is 18.0 Å². The molecule has 1 aliphatic carbocycles. The number of nitrogen functional groups attached to an aromatic ring is 1. The van der Waals surface area contributed by atoms with Crippen LogP contribution in [0.4, 0.5) is 14.6 Å². The van der Waals surface area contributed by atoms with Crippen molar-refractivity contribution in [1.82, 2.24) is 15.3 Å².